The molecule has 0 radical (unpaired) electrons. The number of carbonyl (C=O) groups excluding carboxylic acids is 1. The summed E-state index contributed by atoms with van der Waals surface area (Å²) < 4.78 is 5.74. The lowest BCUT2D eigenvalue weighted by atomic mass is 10.3. The molecule has 0 bridgehead atoms. The molecule has 0 aliphatic heterocycles. The van der Waals surface area contributed by atoms with Crippen LogP contribution in [-0.2, 0) is 9.22 Å². The molecule has 0 unspecified atom stereocenters. The minimum atomic E-state index is -1.45. The van der Waals surface area contributed by atoms with Gasteiger partial charge in [-0.05, 0) is 31.5 Å². The number of nitrogens with one attached hydrogen (secondary N) is 1. The molecule has 0 spiro atoms. The number of hydrogen-bond donors (Lipinski definition) is 1. The molecule has 0 aromatic carbocycles. The molecule has 0 saturated carbocycles. The van der Waals surface area contributed by atoms with Gasteiger partial charge in [0.15, 0.2) is 8.32 Å². The fourth-order valence-electron chi connectivity index (χ4n) is 1.92. The van der Waals surface area contributed by atoms with Crippen molar-refractivity contribution in [3.63, 3.8) is 0 Å². The lowest BCUT2D eigenvalue weighted by Crippen LogP contribution is -2.35. The SMILES string of the molecule is C=C(C)C(=O)NCCCC[Si](CC)(CC)OC. The van der Waals surface area contributed by atoms with Crippen LogP contribution in [0.15, 0.2) is 12.2 Å². The summed E-state index contributed by atoms with van der Waals surface area (Å²) in [4.78, 5) is 11.2. The van der Waals surface area contributed by atoms with Gasteiger partial charge in [-0.2, -0.15) is 0 Å². The summed E-state index contributed by atoms with van der Waals surface area (Å²) in [5, 5.41) is 2.86. The van der Waals surface area contributed by atoms with Gasteiger partial charge in [0.1, 0.15) is 0 Å². The number of hydrogen-bond acceptors (Lipinski definition) is 2. The molecular weight excluding hydrogens is 230 g/mol. The van der Waals surface area contributed by atoms with E-state index in [1.54, 1.807) is 6.92 Å². The van der Waals surface area contributed by atoms with Crippen molar-refractivity contribution in [1.82, 2.24) is 5.32 Å². The van der Waals surface area contributed by atoms with E-state index in [4.69, 9.17) is 4.43 Å². The lowest BCUT2D eigenvalue weighted by molar-refractivity contribution is -0.117. The van der Waals surface area contributed by atoms with E-state index in [2.05, 4.69) is 25.7 Å². The largest absolute Gasteiger partial charge is 0.420 e. The number of rotatable bonds is 9. The highest BCUT2D eigenvalue weighted by Crippen LogP contribution is 2.23. The van der Waals surface area contributed by atoms with E-state index in [0.29, 0.717) is 5.57 Å². The van der Waals surface area contributed by atoms with Gasteiger partial charge in [-0.25, -0.2) is 0 Å². The van der Waals surface area contributed by atoms with Crippen LogP contribution in [0.1, 0.15) is 33.6 Å². The maximum absolute atomic E-state index is 11.2. The molecule has 3 nitrogen and oxygen atoms in total. The third-order valence-corrected chi connectivity index (χ3v) is 8.16. The van der Waals surface area contributed by atoms with Crippen LogP contribution in [0.2, 0.25) is 18.1 Å². The van der Waals surface area contributed by atoms with E-state index < -0.39 is 8.32 Å². The quantitative estimate of drug-likeness (QED) is 0.391. The monoisotopic (exact) mass is 257 g/mol. The number of carbonyl (C=O) groups is 1. The van der Waals surface area contributed by atoms with Crippen molar-refractivity contribution in [2.75, 3.05) is 13.7 Å². The average Bonchev–Trinajstić information content (AvgIpc) is 2.34. The van der Waals surface area contributed by atoms with Gasteiger partial charge in [0.05, 0.1) is 0 Å². The predicted octanol–water partition coefficient (Wildman–Crippen LogP) is 3.09. The van der Waals surface area contributed by atoms with E-state index >= 15 is 0 Å². The molecule has 0 fully saturated rings. The summed E-state index contributed by atoms with van der Waals surface area (Å²) >= 11 is 0. The maximum Gasteiger partial charge on any atom is 0.246 e. The minimum Gasteiger partial charge on any atom is -0.420 e. The Bertz CT molecular complexity index is 242. The van der Waals surface area contributed by atoms with E-state index in [1.165, 1.54) is 18.1 Å². The Morgan fingerprint density at radius 3 is 2.29 bits per heavy atom. The highest BCUT2D eigenvalue weighted by atomic mass is 28.4. The summed E-state index contributed by atoms with van der Waals surface area (Å²) in [6.45, 7) is 10.5. The first kappa shape index (κ1) is 16.4. The zero-order chi connectivity index (χ0) is 13.3. The summed E-state index contributed by atoms with van der Waals surface area (Å²) in [5.74, 6) is -0.0359. The number of unbranched alkanes of at least 4 members (excludes halogenated alkanes) is 1. The second-order valence-electron chi connectivity index (χ2n) is 4.59. The van der Waals surface area contributed by atoms with Crippen LogP contribution in [-0.4, -0.2) is 27.9 Å². The number of amides is 1. The van der Waals surface area contributed by atoms with Gasteiger partial charge in [0, 0.05) is 19.2 Å². The Hall–Kier alpha value is -0.613. The van der Waals surface area contributed by atoms with Crippen molar-refractivity contribution in [3.05, 3.63) is 12.2 Å². The zero-order valence-corrected chi connectivity index (χ0v) is 12.8. The molecule has 0 saturated heterocycles. The van der Waals surface area contributed by atoms with Crippen molar-refractivity contribution in [3.8, 4) is 0 Å². The van der Waals surface area contributed by atoms with Crippen LogP contribution in [0.4, 0.5) is 0 Å². The molecular formula is C13H27NO2Si. The Balaban J connectivity index is 3.76. The van der Waals surface area contributed by atoms with Crippen LogP contribution < -0.4 is 5.32 Å². The summed E-state index contributed by atoms with van der Waals surface area (Å²) in [6, 6.07) is 3.55. The molecule has 17 heavy (non-hydrogen) atoms. The average molecular weight is 257 g/mol. The lowest BCUT2D eigenvalue weighted by Gasteiger charge is -2.27. The molecule has 0 aromatic rings. The molecule has 100 valence electrons. The fraction of sp³-hybridized carbons (Fsp3) is 0.769. The highest BCUT2D eigenvalue weighted by Gasteiger charge is 2.28. The first-order valence-electron chi connectivity index (χ1n) is 6.50. The van der Waals surface area contributed by atoms with Crippen molar-refractivity contribution in [2.24, 2.45) is 0 Å². The molecule has 0 aliphatic carbocycles. The molecule has 0 rings (SSSR count). The van der Waals surface area contributed by atoms with Crippen molar-refractivity contribution >= 4 is 14.2 Å². The second-order valence-corrected chi connectivity index (χ2v) is 9.28. The summed E-state index contributed by atoms with van der Waals surface area (Å²) in [5.41, 5.74) is 0.577. The molecule has 0 atom stereocenters. The predicted molar refractivity (Wildman–Crippen MR) is 75.6 cm³/mol. The van der Waals surface area contributed by atoms with Gasteiger partial charge in [-0.1, -0.05) is 26.8 Å². The maximum atomic E-state index is 11.2. The molecule has 1 amide bonds. The Morgan fingerprint density at radius 1 is 1.29 bits per heavy atom. The normalized spacial score (nSPS) is 11.3. The smallest absolute Gasteiger partial charge is 0.246 e. The van der Waals surface area contributed by atoms with E-state index in [9.17, 15) is 4.79 Å². The third-order valence-electron chi connectivity index (χ3n) is 3.45. The molecule has 4 heteroatoms. The van der Waals surface area contributed by atoms with Crippen LogP contribution >= 0.6 is 0 Å². The second kappa shape index (κ2) is 8.47. The van der Waals surface area contributed by atoms with Gasteiger partial charge < -0.3 is 9.74 Å². The summed E-state index contributed by atoms with van der Waals surface area (Å²) in [7, 11) is 0.403. The Morgan fingerprint density at radius 2 is 1.88 bits per heavy atom. The van der Waals surface area contributed by atoms with Crippen molar-refractivity contribution < 1.29 is 9.22 Å². The topological polar surface area (TPSA) is 38.3 Å². The van der Waals surface area contributed by atoms with Gasteiger partial charge >= 0.3 is 0 Å². The van der Waals surface area contributed by atoms with Crippen molar-refractivity contribution in [1.29, 1.82) is 0 Å². The third kappa shape index (κ3) is 6.03. The standard InChI is InChI=1S/C13H27NO2Si/c1-6-17(7-2,16-5)11-9-8-10-14-13(15)12(3)4/h3,6-11H2,1-2,4-5H3,(H,14,15). The molecule has 0 aromatic heterocycles. The Kier molecular flexibility index (Phi) is 8.17. The van der Waals surface area contributed by atoms with Gasteiger partial charge in [0.2, 0.25) is 5.91 Å². The van der Waals surface area contributed by atoms with Gasteiger partial charge in [0.25, 0.3) is 0 Å². The molecule has 1 N–H and O–H groups in total. The highest BCUT2D eigenvalue weighted by molar-refractivity contribution is 6.73. The van der Waals surface area contributed by atoms with Gasteiger partial charge in [-0.15, -0.1) is 0 Å². The van der Waals surface area contributed by atoms with Crippen molar-refractivity contribution in [2.45, 2.75) is 51.7 Å². The first-order chi connectivity index (χ1) is 8.01. The van der Waals surface area contributed by atoms with Gasteiger partial charge in [-0.3, -0.25) is 4.79 Å². The van der Waals surface area contributed by atoms with Crippen LogP contribution in [0.3, 0.4) is 0 Å². The van der Waals surface area contributed by atoms with E-state index in [0.717, 1.165) is 19.4 Å². The van der Waals surface area contributed by atoms with E-state index in [-0.39, 0.29) is 5.91 Å². The first-order valence-corrected chi connectivity index (χ1v) is 9.03. The van der Waals surface area contributed by atoms with Crippen LogP contribution in [0, 0.1) is 0 Å². The fourth-order valence-corrected chi connectivity index (χ4v) is 4.80. The van der Waals surface area contributed by atoms with E-state index in [1.807, 2.05) is 7.11 Å². The minimum absolute atomic E-state index is 0.0359. The zero-order valence-electron chi connectivity index (χ0n) is 11.8. The Labute approximate surface area is 107 Å². The van der Waals surface area contributed by atoms with Crippen LogP contribution in [0.25, 0.3) is 0 Å². The summed E-state index contributed by atoms with van der Waals surface area (Å²) in [6.07, 6.45) is 2.16. The van der Waals surface area contributed by atoms with Crippen LogP contribution in [0.5, 0.6) is 0 Å². The molecule has 0 heterocycles. The molecule has 0 aliphatic rings.